The zero-order chi connectivity index (χ0) is 17.6. The van der Waals surface area contributed by atoms with Gasteiger partial charge in [-0.3, -0.25) is 9.59 Å². The molecule has 2 fully saturated rings. The van der Waals surface area contributed by atoms with Crippen molar-refractivity contribution in [2.24, 2.45) is 17.3 Å². The fourth-order valence-electron chi connectivity index (χ4n) is 4.59. The number of hydrogen-bond donors (Lipinski definition) is 3. The van der Waals surface area contributed by atoms with E-state index in [0.29, 0.717) is 43.2 Å². The summed E-state index contributed by atoms with van der Waals surface area (Å²) in [7, 11) is 0. The second-order valence-electron chi connectivity index (χ2n) is 7.47. The number of aromatic hydroxyl groups is 3. The van der Waals surface area contributed by atoms with E-state index < -0.39 is 5.75 Å². The summed E-state index contributed by atoms with van der Waals surface area (Å²) >= 11 is 0. The van der Waals surface area contributed by atoms with Crippen LogP contribution >= 0.6 is 0 Å². The molecule has 3 atom stereocenters. The Morgan fingerprint density at radius 3 is 2.58 bits per heavy atom. The molecule has 0 saturated heterocycles. The van der Waals surface area contributed by atoms with E-state index in [4.69, 9.17) is 0 Å². The minimum atomic E-state index is -0.515. The maximum absolute atomic E-state index is 12.4. The first-order chi connectivity index (χ1) is 11.3. The van der Waals surface area contributed by atoms with Gasteiger partial charge in [0.05, 0.1) is 0 Å². The van der Waals surface area contributed by atoms with Crippen LogP contribution in [0.4, 0.5) is 0 Å². The molecule has 0 aromatic heterocycles. The number of ketones is 2. The highest BCUT2D eigenvalue weighted by Crippen LogP contribution is 2.52. The number of hydrogen-bond acceptors (Lipinski definition) is 5. The highest BCUT2D eigenvalue weighted by Gasteiger charge is 2.53. The third-order valence-electron chi connectivity index (χ3n) is 6.27. The van der Waals surface area contributed by atoms with Gasteiger partial charge in [0.15, 0.2) is 11.5 Å². The van der Waals surface area contributed by atoms with Crippen LogP contribution in [0.25, 0.3) is 0 Å². The van der Waals surface area contributed by atoms with Crippen molar-refractivity contribution in [3.05, 3.63) is 17.2 Å². The zero-order valence-corrected chi connectivity index (χ0v) is 14.1. The summed E-state index contributed by atoms with van der Waals surface area (Å²) in [6.45, 7) is 3.67. The predicted octanol–water partition coefficient (Wildman–Crippen LogP) is 3.01. The van der Waals surface area contributed by atoms with Crippen molar-refractivity contribution in [1.29, 1.82) is 0 Å². The van der Waals surface area contributed by atoms with E-state index in [1.165, 1.54) is 6.07 Å². The third kappa shape index (κ3) is 2.46. The maximum atomic E-state index is 12.4. The van der Waals surface area contributed by atoms with Crippen molar-refractivity contribution < 1.29 is 24.9 Å². The Morgan fingerprint density at radius 2 is 1.88 bits per heavy atom. The van der Waals surface area contributed by atoms with Crippen molar-refractivity contribution in [3.63, 3.8) is 0 Å². The lowest BCUT2D eigenvalue weighted by Gasteiger charge is -2.39. The molecule has 0 heterocycles. The molecule has 0 amide bonds. The molecule has 24 heavy (non-hydrogen) atoms. The Kier molecular flexibility index (Phi) is 4.06. The minimum absolute atomic E-state index is 0.103. The predicted molar refractivity (Wildman–Crippen MR) is 88.1 cm³/mol. The second-order valence-corrected chi connectivity index (χ2v) is 7.47. The summed E-state index contributed by atoms with van der Waals surface area (Å²) in [6, 6.07) is 1.44. The molecule has 0 aliphatic heterocycles. The molecule has 5 nitrogen and oxygen atoms in total. The molecule has 0 radical (unpaired) electrons. The first-order valence-electron chi connectivity index (χ1n) is 8.55. The van der Waals surface area contributed by atoms with Gasteiger partial charge in [-0.05, 0) is 55.7 Å². The Balaban J connectivity index is 1.81. The number of phenols is 3. The normalized spacial score (nSPS) is 29.8. The summed E-state index contributed by atoms with van der Waals surface area (Å²) in [5.74, 6) is -0.736. The highest BCUT2D eigenvalue weighted by molar-refractivity contribution is 5.92. The van der Waals surface area contributed by atoms with E-state index in [9.17, 15) is 24.9 Å². The van der Waals surface area contributed by atoms with Crippen LogP contribution in [-0.2, 0) is 16.0 Å². The van der Waals surface area contributed by atoms with Gasteiger partial charge < -0.3 is 15.3 Å². The molecule has 0 spiro atoms. The standard InChI is InChI=1S/C19H24O5/c1-10-11(9-15(21)18(24)17(10)23)3-4-12-13-5-6-16(22)19(13,2)8-7-14(12)20/h9,12-13,21,23-24H,3-8H2,1-2H3/t12?,13-,19-/m0/s1. The van der Waals surface area contributed by atoms with Crippen molar-refractivity contribution in [1.82, 2.24) is 0 Å². The molecule has 1 unspecified atom stereocenters. The molecule has 2 aliphatic carbocycles. The van der Waals surface area contributed by atoms with E-state index in [1.54, 1.807) is 6.92 Å². The van der Waals surface area contributed by atoms with Gasteiger partial charge in [0.25, 0.3) is 0 Å². The number of rotatable bonds is 3. The van der Waals surface area contributed by atoms with Gasteiger partial charge in [-0.2, -0.15) is 0 Å². The van der Waals surface area contributed by atoms with Crippen LogP contribution in [0.2, 0.25) is 0 Å². The van der Waals surface area contributed by atoms with E-state index in [-0.39, 0.29) is 40.3 Å². The fraction of sp³-hybridized carbons (Fsp3) is 0.579. The second kappa shape index (κ2) is 5.80. The molecular weight excluding hydrogens is 308 g/mol. The number of benzene rings is 1. The first kappa shape index (κ1) is 16.8. The largest absolute Gasteiger partial charge is 0.504 e. The third-order valence-corrected chi connectivity index (χ3v) is 6.27. The van der Waals surface area contributed by atoms with Gasteiger partial charge in [0, 0.05) is 24.2 Å². The van der Waals surface area contributed by atoms with Gasteiger partial charge in [-0.1, -0.05) is 6.92 Å². The quantitative estimate of drug-likeness (QED) is 0.740. The van der Waals surface area contributed by atoms with Crippen molar-refractivity contribution >= 4 is 11.6 Å². The zero-order valence-electron chi connectivity index (χ0n) is 14.1. The average Bonchev–Trinajstić information content (AvgIpc) is 2.85. The Hall–Kier alpha value is -2.04. The Bertz CT molecular complexity index is 708. The monoisotopic (exact) mass is 332 g/mol. The SMILES string of the molecule is Cc1c(CCC2C(=O)CC[C@]3(C)C(=O)CC[C@@H]23)cc(O)c(O)c1O. The van der Waals surface area contributed by atoms with Crippen molar-refractivity contribution in [2.75, 3.05) is 0 Å². The van der Waals surface area contributed by atoms with Crippen molar-refractivity contribution in [3.8, 4) is 17.2 Å². The Labute approximate surface area is 141 Å². The fourth-order valence-corrected chi connectivity index (χ4v) is 4.59. The van der Waals surface area contributed by atoms with Gasteiger partial charge >= 0.3 is 0 Å². The molecule has 1 aromatic carbocycles. The number of fused-ring (bicyclic) bond motifs is 1. The van der Waals surface area contributed by atoms with Crippen LogP contribution in [0.15, 0.2) is 6.07 Å². The van der Waals surface area contributed by atoms with E-state index in [2.05, 4.69) is 0 Å². The molecule has 5 heteroatoms. The number of carbonyl (C=O) groups excluding carboxylic acids is 2. The molecule has 3 N–H and O–H groups in total. The van der Waals surface area contributed by atoms with Crippen molar-refractivity contribution in [2.45, 2.75) is 52.4 Å². The number of phenolic OH excluding ortho intramolecular Hbond substituents is 3. The topological polar surface area (TPSA) is 94.8 Å². The lowest BCUT2D eigenvalue weighted by Crippen LogP contribution is -2.42. The van der Waals surface area contributed by atoms with Gasteiger partial charge in [0.2, 0.25) is 5.75 Å². The average molecular weight is 332 g/mol. The Morgan fingerprint density at radius 1 is 1.17 bits per heavy atom. The van der Waals surface area contributed by atoms with Gasteiger partial charge in [0.1, 0.15) is 11.6 Å². The van der Waals surface area contributed by atoms with Crippen LogP contribution in [0.1, 0.15) is 50.2 Å². The van der Waals surface area contributed by atoms with Crippen LogP contribution < -0.4 is 0 Å². The molecule has 0 bridgehead atoms. The van der Waals surface area contributed by atoms with Crippen LogP contribution in [0, 0.1) is 24.2 Å². The smallest absolute Gasteiger partial charge is 0.200 e. The minimum Gasteiger partial charge on any atom is -0.504 e. The first-order valence-corrected chi connectivity index (χ1v) is 8.55. The summed E-state index contributed by atoms with van der Waals surface area (Å²) in [4.78, 5) is 24.7. The van der Waals surface area contributed by atoms with Gasteiger partial charge in [-0.25, -0.2) is 0 Å². The number of carbonyl (C=O) groups is 2. The van der Waals surface area contributed by atoms with E-state index in [0.717, 1.165) is 6.42 Å². The molecule has 3 rings (SSSR count). The molecule has 130 valence electrons. The summed E-state index contributed by atoms with van der Waals surface area (Å²) in [5.41, 5.74) is 0.860. The molecule has 1 aromatic rings. The van der Waals surface area contributed by atoms with E-state index >= 15 is 0 Å². The highest BCUT2D eigenvalue weighted by atomic mass is 16.3. The van der Waals surface area contributed by atoms with Crippen LogP contribution in [0.5, 0.6) is 17.2 Å². The molecule has 2 saturated carbocycles. The number of Topliss-reactive ketones (excluding diaryl/α,β-unsaturated/α-hetero) is 2. The van der Waals surface area contributed by atoms with Crippen LogP contribution in [0.3, 0.4) is 0 Å². The number of aryl methyl sites for hydroxylation is 1. The maximum Gasteiger partial charge on any atom is 0.200 e. The van der Waals surface area contributed by atoms with Gasteiger partial charge in [-0.15, -0.1) is 0 Å². The lowest BCUT2D eigenvalue weighted by atomic mass is 9.62. The summed E-state index contributed by atoms with van der Waals surface area (Å²) < 4.78 is 0. The van der Waals surface area contributed by atoms with Crippen LogP contribution in [-0.4, -0.2) is 26.9 Å². The summed E-state index contributed by atoms with van der Waals surface area (Å²) in [6.07, 6.45) is 3.56. The summed E-state index contributed by atoms with van der Waals surface area (Å²) in [5, 5.41) is 29.1. The molecule has 2 aliphatic rings. The lowest BCUT2D eigenvalue weighted by molar-refractivity contribution is -0.136. The molecular formula is C19H24O5. The van der Waals surface area contributed by atoms with E-state index in [1.807, 2.05) is 6.92 Å².